The third-order valence-electron chi connectivity index (χ3n) is 2.07. The fourth-order valence-corrected chi connectivity index (χ4v) is 1.44. The summed E-state index contributed by atoms with van der Waals surface area (Å²) in [6.45, 7) is 0. The lowest BCUT2D eigenvalue weighted by Gasteiger charge is -2.04. The minimum Gasteiger partial charge on any atom is -0.481 e. The minimum absolute atomic E-state index is 0.185. The largest absolute Gasteiger partial charge is 0.481 e. The number of methoxy groups -OCH3 is 1. The summed E-state index contributed by atoms with van der Waals surface area (Å²) >= 11 is 5.81. The van der Waals surface area contributed by atoms with E-state index in [4.69, 9.17) is 22.1 Å². The van der Waals surface area contributed by atoms with E-state index in [0.717, 1.165) is 5.56 Å². The van der Waals surface area contributed by atoms with Gasteiger partial charge < -0.3 is 10.5 Å². The van der Waals surface area contributed by atoms with Crippen molar-refractivity contribution in [2.24, 2.45) is 0 Å². The van der Waals surface area contributed by atoms with E-state index in [1.54, 1.807) is 18.2 Å². The minimum atomic E-state index is 0.185. The Kier molecular flexibility index (Phi) is 2.92. The van der Waals surface area contributed by atoms with E-state index >= 15 is 0 Å². The Balaban J connectivity index is 2.47. The zero-order valence-corrected chi connectivity index (χ0v) is 9.40. The molecule has 1 aromatic carbocycles. The molecular formula is C11H10ClN3O. The van der Waals surface area contributed by atoms with E-state index in [2.05, 4.69) is 9.97 Å². The van der Waals surface area contributed by atoms with Crippen LogP contribution in [-0.2, 0) is 0 Å². The highest BCUT2D eigenvalue weighted by molar-refractivity contribution is 6.30. The Morgan fingerprint density at radius 2 is 1.88 bits per heavy atom. The summed E-state index contributed by atoms with van der Waals surface area (Å²) in [5, 5.41) is 0.678. The maximum Gasteiger partial charge on any atom is 0.223 e. The Hall–Kier alpha value is -1.81. The molecule has 0 bridgehead atoms. The maximum atomic E-state index is 5.81. The Morgan fingerprint density at radius 3 is 2.50 bits per heavy atom. The molecule has 0 saturated carbocycles. The predicted octanol–water partition coefficient (Wildman–Crippen LogP) is 2.39. The fourth-order valence-electron chi connectivity index (χ4n) is 1.32. The number of aromatic nitrogens is 2. The van der Waals surface area contributed by atoms with Gasteiger partial charge in [-0.2, -0.15) is 4.98 Å². The molecule has 0 unspecified atom stereocenters. The lowest BCUT2D eigenvalue weighted by Crippen LogP contribution is -1.99. The number of nitrogens with two attached hydrogens (primary N) is 1. The van der Waals surface area contributed by atoms with Gasteiger partial charge in [-0.05, 0) is 12.1 Å². The van der Waals surface area contributed by atoms with Crippen LogP contribution in [0.4, 0.5) is 5.95 Å². The van der Waals surface area contributed by atoms with Crippen LogP contribution >= 0.6 is 11.6 Å². The van der Waals surface area contributed by atoms with Crippen molar-refractivity contribution in [3.05, 3.63) is 35.4 Å². The van der Waals surface area contributed by atoms with E-state index in [-0.39, 0.29) is 5.95 Å². The third-order valence-corrected chi connectivity index (χ3v) is 2.32. The topological polar surface area (TPSA) is 61.0 Å². The Labute approximate surface area is 98.0 Å². The van der Waals surface area contributed by atoms with Crippen molar-refractivity contribution in [2.45, 2.75) is 0 Å². The first-order valence-electron chi connectivity index (χ1n) is 4.63. The van der Waals surface area contributed by atoms with Crippen molar-refractivity contribution in [3.8, 4) is 17.1 Å². The lowest BCUT2D eigenvalue weighted by atomic mass is 10.1. The highest BCUT2D eigenvalue weighted by Crippen LogP contribution is 2.22. The molecule has 0 aliphatic rings. The van der Waals surface area contributed by atoms with Gasteiger partial charge in [-0.1, -0.05) is 23.7 Å². The monoisotopic (exact) mass is 235 g/mol. The zero-order chi connectivity index (χ0) is 11.5. The number of nitrogen functional groups attached to an aromatic ring is 1. The quantitative estimate of drug-likeness (QED) is 0.868. The first kappa shape index (κ1) is 10.7. The van der Waals surface area contributed by atoms with Crippen molar-refractivity contribution in [3.63, 3.8) is 0 Å². The highest BCUT2D eigenvalue weighted by atomic mass is 35.5. The number of halogens is 1. The summed E-state index contributed by atoms with van der Waals surface area (Å²) in [6.07, 6.45) is 0. The van der Waals surface area contributed by atoms with Gasteiger partial charge in [0.15, 0.2) is 0 Å². The van der Waals surface area contributed by atoms with Crippen molar-refractivity contribution >= 4 is 17.5 Å². The van der Waals surface area contributed by atoms with Crippen LogP contribution in [0.5, 0.6) is 5.88 Å². The maximum absolute atomic E-state index is 5.81. The molecule has 1 aromatic heterocycles. The molecule has 0 aliphatic carbocycles. The van der Waals surface area contributed by atoms with Crippen LogP contribution in [0.3, 0.4) is 0 Å². The molecule has 5 heteroatoms. The SMILES string of the molecule is COc1cc(-c2ccc(Cl)cc2)nc(N)n1. The van der Waals surface area contributed by atoms with Gasteiger partial charge in [0.1, 0.15) is 0 Å². The molecule has 0 fully saturated rings. The van der Waals surface area contributed by atoms with Gasteiger partial charge in [-0.3, -0.25) is 0 Å². The molecule has 0 atom stereocenters. The average molecular weight is 236 g/mol. The van der Waals surface area contributed by atoms with E-state index in [0.29, 0.717) is 16.6 Å². The molecule has 2 N–H and O–H groups in total. The van der Waals surface area contributed by atoms with Gasteiger partial charge in [-0.25, -0.2) is 4.98 Å². The molecular weight excluding hydrogens is 226 g/mol. The predicted molar refractivity (Wildman–Crippen MR) is 63.4 cm³/mol. The molecule has 1 heterocycles. The number of anilines is 1. The fraction of sp³-hybridized carbons (Fsp3) is 0.0909. The van der Waals surface area contributed by atoms with E-state index in [1.807, 2.05) is 12.1 Å². The van der Waals surface area contributed by atoms with Crippen molar-refractivity contribution in [1.29, 1.82) is 0 Å². The molecule has 2 aromatic rings. The summed E-state index contributed by atoms with van der Waals surface area (Å²) in [5.74, 6) is 0.627. The van der Waals surface area contributed by atoms with Crippen LogP contribution in [0.1, 0.15) is 0 Å². The Morgan fingerprint density at radius 1 is 1.19 bits per heavy atom. The zero-order valence-electron chi connectivity index (χ0n) is 8.64. The second kappa shape index (κ2) is 4.37. The number of rotatable bonds is 2. The smallest absolute Gasteiger partial charge is 0.223 e. The molecule has 0 saturated heterocycles. The summed E-state index contributed by atoms with van der Waals surface area (Å²) in [7, 11) is 1.54. The molecule has 0 aliphatic heterocycles. The van der Waals surface area contributed by atoms with Crippen molar-refractivity contribution in [2.75, 3.05) is 12.8 Å². The van der Waals surface area contributed by atoms with E-state index in [9.17, 15) is 0 Å². The van der Waals surface area contributed by atoms with Gasteiger partial charge >= 0.3 is 0 Å². The van der Waals surface area contributed by atoms with Gasteiger partial charge in [-0.15, -0.1) is 0 Å². The van der Waals surface area contributed by atoms with Gasteiger partial charge in [0, 0.05) is 16.7 Å². The lowest BCUT2D eigenvalue weighted by molar-refractivity contribution is 0.398. The molecule has 16 heavy (non-hydrogen) atoms. The summed E-state index contributed by atoms with van der Waals surface area (Å²) in [5.41, 5.74) is 7.20. The van der Waals surface area contributed by atoms with Crippen LogP contribution in [0, 0.1) is 0 Å². The van der Waals surface area contributed by atoms with Crippen molar-refractivity contribution < 1.29 is 4.74 Å². The van der Waals surface area contributed by atoms with Crippen LogP contribution in [0.15, 0.2) is 30.3 Å². The third kappa shape index (κ3) is 2.23. The second-order valence-electron chi connectivity index (χ2n) is 3.16. The van der Waals surface area contributed by atoms with Crippen LogP contribution in [-0.4, -0.2) is 17.1 Å². The highest BCUT2D eigenvalue weighted by Gasteiger charge is 2.04. The molecule has 2 rings (SSSR count). The standard InChI is InChI=1S/C11H10ClN3O/c1-16-10-6-9(14-11(13)15-10)7-2-4-8(12)5-3-7/h2-6H,1H3,(H2,13,14,15). The summed E-state index contributed by atoms with van der Waals surface area (Å²) < 4.78 is 5.02. The van der Waals surface area contributed by atoms with Gasteiger partial charge in [0.05, 0.1) is 12.8 Å². The Bertz CT molecular complexity index is 499. The number of benzene rings is 1. The van der Waals surface area contributed by atoms with Crippen molar-refractivity contribution in [1.82, 2.24) is 9.97 Å². The van der Waals surface area contributed by atoms with E-state index in [1.165, 1.54) is 7.11 Å². The average Bonchev–Trinajstić information content (AvgIpc) is 2.29. The number of nitrogens with zero attached hydrogens (tertiary/aromatic N) is 2. The van der Waals surface area contributed by atoms with Gasteiger partial charge in [0.25, 0.3) is 0 Å². The normalized spacial score (nSPS) is 10.1. The van der Waals surface area contributed by atoms with Crippen LogP contribution in [0.25, 0.3) is 11.3 Å². The van der Waals surface area contributed by atoms with E-state index < -0.39 is 0 Å². The first-order valence-corrected chi connectivity index (χ1v) is 5.01. The summed E-state index contributed by atoms with van der Waals surface area (Å²) in [4.78, 5) is 8.04. The second-order valence-corrected chi connectivity index (χ2v) is 3.60. The number of hydrogen-bond donors (Lipinski definition) is 1. The number of hydrogen-bond acceptors (Lipinski definition) is 4. The van der Waals surface area contributed by atoms with Crippen LogP contribution in [0.2, 0.25) is 5.02 Å². The van der Waals surface area contributed by atoms with Gasteiger partial charge in [0.2, 0.25) is 11.8 Å². The van der Waals surface area contributed by atoms with Crippen LogP contribution < -0.4 is 10.5 Å². The molecule has 4 nitrogen and oxygen atoms in total. The summed E-state index contributed by atoms with van der Waals surface area (Å²) in [6, 6.07) is 9.04. The molecule has 0 radical (unpaired) electrons. The molecule has 82 valence electrons. The molecule has 0 spiro atoms. The molecule has 0 amide bonds. The number of ether oxygens (including phenoxy) is 1. The first-order chi connectivity index (χ1) is 7.69.